The second kappa shape index (κ2) is 7.61. The summed E-state index contributed by atoms with van der Waals surface area (Å²) in [4.78, 5) is 27.1. The zero-order chi connectivity index (χ0) is 20.7. The molecule has 0 N–H and O–H groups in total. The summed E-state index contributed by atoms with van der Waals surface area (Å²) < 4.78 is 7.41. The van der Waals surface area contributed by atoms with Crippen molar-refractivity contribution in [3.05, 3.63) is 76.2 Å². The van der Waals surface area contributed by atoms with Gasteiger partial charge in [-0.3, -0.25) is 19.3 Å². The summed E-state index contributed by atoms with van der Waals surface area (Å²) in [5.74, 6) is 0.372. The Morgan fingerprint density at radius 1 is 1.10 bits per heavy atom. The molecule has 4 aromatic rings. The summed E-state index contributed by atoms with van der Waals surface area (Å²) >= 11 is 0. The van der Waals surface area contributed by atoms with Crippen molar-refractivity contribution < 1.29 is 4.74 Å². The molecule has 152 valence electrons. The molecule has 0 aliphatic carbocycles. The smallest absolute Gasteiger partial charge is 0.261 e. The van der Waals surface area contributed by atoms with Gasteiger partial charge in [-0.25, -0.2) is 4.98 Å². The molecule has 0 radical (unpaired) electrons. The van der Waals surface area contributed by atoms with Gasteiger partial charge >= 0.3 is 0 Å². The highest BCUT2D eigenvalue weighted by Crippen LogP contribution is 2.28. The van der Waals surface area contributed by atoms with Crippen LogP contribution in [0.2, 0.25) is 0 Å². The predicted molar refractivity (Wildman–Crippen MR) is 117 cm³/mol. The van der Waals surface area contributed by atoms with Crippen LogP contribution in [0.3, 0.4) is 0 Å². The van der Waals surface area contributed by atoms with Crippen molar-refractivity contribution >= 4 is 21.8 Å². The van der Waals surface area contributed by atoms with Gasteiger partial charge in [-0.2, -0.15) is 0 Å². The molecule has 30 heavy (non-hydrogen) atoms. The molecular weight excluding hydrogens is 376 g/mol. The van der Waals surface area contributed by atoms with Crippen molar-refractivity contribution in [2.24, 2.45) is 5.92 Å². The number of pyridine rings is 2. The monoisotopic (exact) mass is 400 g/mol. The second-order valence-electron chi connectivity index (χ2n) is 8.18. The van der Waals surface area contributed by atoms with Gasteiger partial charge < -0.3 is 4.74 Å². The Morgan fingerprint density at radius 3 is 2.83 bits per heavy atom. The molecule has 5 rings (SSSR count). The average Bonchev–Trinajstić information content (AvgIpc) is 2.75. The van der Waals surface area contributed by atoms with E-state index in [2.05, 4.69) is 23.0 Å². The molecule has 1 aliphatic heterocycles. The highest BCUT2D eigenvalue weighted by molar-refractivity contribution is 6.04. The third-order valence-electron chi connectivity index (χ3n) is 6.09. The van der Waals surface area contributed by atoms with Gasteiger partial charge in [0.05, 0.1) is 35.4 Å². The van der Waals surface area contributed by atoms with Gasteiger partial charge in [-0.1, -0.05) is 6.92 Å². The standard InChI is InChI=1S/C24H24N4O2/c1-15-6-9-30-13-21(15)28-14-27-23-19-4-3-7-26-22(19)18(12-20(23)24(28)29)11-17-5-8-25-16(2)10-17/h3-5,7-8,10,12,14-15,21H,6,9,11,13H2,1-2H3/t15-,21-/m0/s1. The molecule has 0 amide bonds. The molecule has 0 saturated carbocycles. The van der Waals surface area contributed by atoms with Crippen LogP contribution in [-0.2, 0) is 11.2 Å². The fraction of sp³-hybridized carbons (Fsp3) is 0.333. The van der Waals surface area contributed by atoms with E-state index in [1.165, 1.54) is 0 Å². The maximum absolute atomic E-state index is 13.5. The van der Waals surface area contributed by atoms with Crippen LogP contribution in [0.4, 0.5) is 0 Å². The van der Waals surface area contributed by atoms with Crippen LogP contribution >= 0.6 is 0 Å². The van der Waals surface area contributed by atoms with E-state index >= 15 is 0 Å². The fourth-order valence-electron chi connectivity index (χ4n) is 4.41. The van der Waals surface area contributed by atoms with Crippen LogP contribution in [0.15, 0.2) is 53.8 Å². The third kappa shape index (κ3) is 3.27. The van der Waals surface area contributed by atoms with Crippen LogP contribution in [0.1, 0.15) is 36.2 Å². The first-order valence-electron chi connectivity index (χ1n) is 10.4. The van der Waals surface area contributed by atoms with E-state index in [-0.39, 0.29) is 11.6 Å². The van der Waals surface area contributed by atoms with Gasteiger partial charge in [0.2, 0.25) is 0 Å². The van der Waals surface area contributed by atoms with Gasteiger partial charge in [0.25, 0.3) is 5.56 Å². The first kappa shape index (κ1) is 18.9. The number of aryl methyl sites for hydroxylation is 1. The van der Waals surface area contributed by atoms with Crippen molar-refractivity contribution in [3.63, 3.8) is 0 Å². The Balaban J connectivity index is 1.71. The minimum atomic E-state index is -0.0136. The summed E-state index contributed by atoms with van der Waals surface area (Å²) in [6.45, 7) is 5.45. The Kier molecular flexibility index (Phi) is 4.79. The van der Waals surface area contributed by atoms with E-state index in [1.54, 1.807) is 17.1 Å². The molecule has 3 aromatic heterocycles. The summed E-state index contributed by atoms with van der Waals surface area (Å²) in [6.07, 6.45) is 6.92. The van der Waals surface area contributed by atoms with Crippen LogP contribution in [-0.4, -0.2) is 32.7 Å². The van der Waals surface area contributed by atoms with Crippen molar-refractivity contribution in [2.45, 2.75) is 32.7 Å². The van der Waals surface area contributed by atoms with Crippen molar-refractivity contribution in [2.75, 3.05) is 13.2 Å². The maximum Gasteiger partial charge on any atom is 0.261 e. The van der Waals surface area contributed by atoms with Crippen LogP contribution in [0.25, 0.3) is 21.8 Å². The number of benzene rings is 1. The normalized spacial score (nSPS) is 19.4. The number of hydrogen-bond donors (Lipinski definition) is 0. The van der Waals surface area contributed by atoms with Crippen LogP contribution in [0, 0.1) is 12.8 Å². The molecule has 0 unspecified atom stereocenters. The van der Waals surface area contributed by atoms with Gasteiger partial charge in [0.15, 0.2) is 0 Å². The largest absolute Gasteiger partial charge is 0.379 e. The second-order valence-corrected chi connectivity index (χ2v) is 8.18. The summed E-state index contributed by atoms with van der Waals surface area (Å²) in [6, 6.07) is 9.96. The Hall–Kier alpha value is -3.12. The average molecular weight is 400 g/mol. The molecule has 4 heterocycles. The van der Waals surface area contributed by atoms with Crippen LogP contribution in [0.5, 0.6) is 0 Å². The SMILES string of the molecule is Cc1cc(Cc2cc3c(=O)n([C@H]4COCC[C@@H]4C)cnc3c3cccnc23)ccn1. The fourth-order valence-corrected chi connectivity index (χ4v) is 4.41. The molecule has 1 fully saturated rings. The molecule has 6 nitrogen and oxygen atoms in total. The lowest BCUT2D eigenvalue weighted by Crippen LogP contribution is -2.35. The van der Waals surface area contributed by atoms with E-state index in [1.807, 2.05) is 37.4 Å². The minimum Gasteiger partial charge on any atom is -0.379 e. The summed E-state index contributed by atoms with van der Waals surface area (Å²) in [5.41, 5.74) is 4.72. The van der Waals surface area contributed by atoms with E-state index in [0.717, 1.165) is 40.8 Å². The predicted octanol–water partition coefficient (Wildman–Crippen LogP) is 3.84. The van der Waals surface area contributed by atoms with Gasteiger partial charge in [0.1, 0.15) is 0 Å². The maximum atomic E-state index is 13.5. The highest BCUT2D eigenvalue weighted by atomic mass is 16.5. The molecule has 1 saturated heterocycles. The molecular formula is C24H24N4O2. The first-order valence-corrected chi connectivity index (χ1v) is 10.4. The van der Waals surface area contributed by atoms with Crippen molar-refractivity contribution in [1.82, 2.24) is 19.5 Å². The third-order valence-corrected chi connectivity index (χ3v) is 6.09. The number of rotatable bonds is 3. The summed E-state index contributed by atoms with van der Waals surface area (Å²) in [5, 5.41) is 1.55. The lowest BCUT2D eigenvalue weighted by molar-refractivity contribution is 0.0268. The Labute approximate surface area is 174 Å². The molecule has 0 bridgehead atoms. The Morgan fingerprint density at radius 2 is 2.00 bits per heavy atom. The van der Waals surface area contributed by atoms with E-state index < -0.39 is 0 Å². The lowest BCUT2D eigenvalue weighted by Gasteiger charge is -2.30. The van der Waals surface area contributed by atoms with E-state index in [9.17, 15) is 4.79 Å². The highest BCUT2D eigenvalue weighted by Gasteiger charge is 2.25. The summed E-state index contributed by atoms with van der Waals surface area (Å²) in [7, 11) is 0. The van der Waals surface area contributed by atoms with Gasteiger partial charge in [-0.15, -0.1) is 0 Å². The molecule has 1 aromatic carbocycles. The molecule has 1 aliphatic rings. The minimum absolute atomic E-state index is 0.0130. The quantitative estimate of drug-likeness (QED) is 0.489. The number of fused-ring (bicyclic) bond motifs is 3. The topological polar surface area (TPSA) is 69.9 Å². The number of hydrogen-bond acceptors (Lipinski definition) is 5. The van der Waals surface area contributed by atoms with E-state index in [0.29, 0.717) is 29.8 Å². The molecule has 0 spiro atoms. The number of aromatic nitrogens is 4. The molecule has 6 heteroatoms. The molecule has 2 atom stereocenters. The van der Waals surface area contributed by atoms with Crippen molar-refractivity contribution in [1.29, 1.82) is 0 Å². The van der Waals surface area contributed by atoms with E-state index in [4.69, 9.17) is 9.72 Å². The first-order chi connectivity index (χ1) is 14.6. The van der Waals surface area contributed by atoms with Crippen molar-refractivity contribution in [3.8, 4) is 0 Å². The van der Waals surface area contributed by atoms with Crippen LogP contribution < -0.4 is 5.56 Å². The van der Waals surface area contributed by atoms with Gasteiger partial charge in [-0.05, 0) is 67.1 Å². The Bertz CT molecular complexity index is 1300. The number of ether oxygens (including phenoxy) is 1. The lowest BCUT2D eigenvalue weighted by atomic mass is 9.96. The van der Waals surface area contributed by atoms with Gasteiger partial charge in [0, 0.05) is 30.1 Å². The zero-order valence-corrected chi connectivity index (χ0v) is 17.2. The zero-order valence-electron chi connectivity index (χ0n) is 17.2. The number of nitrogens with zero attached hydrogens (tertiary/aromatic N) is 4.